The van der Waals surface area contributed by atoms with Crippen LogP contribution >= 0.6 is 12.6 Å². The quantitative estimate of drug-likeness (QED) is 0.186. The van der Waals surface area contributed by atoms with Crippen LogP contribution in [0.25, 0.3) is 0 Å². The zero-order valence-electron chi connectivity index (χ0n) is 13.6. The van der Waals surface area contributed by atoms with Gasteiger partial charge in [-0.1, -0.05) is 90.4 Å². The normalized spacial score (nSPS) is 12.0. The first kappa shape index (κ1) is 19.9. The van der Waals surface area contributed by atoms with Gasteiger partial charge in [-0.15, -0.1) is 12.6 Å². The van der Waals surface area contributed by atoms with Crippen molar-refractivity contribution in [1.29, 1.82) is 0 Å². The second-order valence-electron chi connectivity index (χ2n) is 5.95. The fourth-order valence-electron chi connectivity index (χ4n) is 2.57. The van der Waals surface area contributed by atoms with Crippen LogP contribution in [-0.4, -0.2) is 5.11 Å². The number of aliphatic hydroxyl groups excluding tert-OH is 1. The lowest BCUT2D eigenvalue weighted by Crippen LogP contribution is -1.83. The predicted molar refractivity (Wildman–Crippen MR) is 94.6 cm³/mol. The van der Waals surface area contributed by atoms with E-state index in [4.69, 9.17) is 5.11 Å². The number of hydrogen-bond donors (Lipinski definition) is 2. The van der Waals surface area contributed by atoms with E-state index in [0.717, 1.165) is 6.42 Å². The summed E-state index contributed by atoms with van der Waals surface area (Å²) in [6.45, 7) is 2.28. The maximum atomic E-state index is 8.88. The Kier molecular flexibility index (Phi) is 16.8. The van der Waals surface area contributed by atoms with Crippen LogP contribution in [0.4, 0.5) is 0 Å². The number of allylic oxidation sites excluding steroid dienone is 1. The topological polar surface area (TPSA) is 20.2 Å². The van der Waals surface area contributed by atoms with Crippen LogP contribution in [0.1, 0.15) is 103 Å². The largest absolute Gasteiger partial charge is 0.503 e. The van der Waals surface area contributed by atoms with Crippen LogP contribution in [0.2, 0.25) is 0 Å². The van der Waals surface area contributed by atoms with E-state index >= 15 is 0 Å². The highest BCUT2D eigenvalue weighted by Crippen LogP contribution is 2.13. The van der Waals surface area contributed by atoms with E-state index in [-0.39, 0.29) is 5.09 Å². The van der Waals surface area contributed by atoms with Gasteiger partial charge in [0, 0.05) is 0 Å². The molecule has 0 atom stereocenters. The summed E-state index contributed by atoms with van der Waals surface area (Å²) >= 11 is 3.84. The summed E-state index contributed by atoms with van der Waals surface area (Å²) < 4.78 is 0. The molecule has 1 N–H and O–H groups in total. The molecule has 0 heterocycles. The fraction of sp³-hybridized carbons (Fsp3) is 0.889. The predicted octanol–water partition coefficient (Wildman–Crippen LogP) is 7.19. The van der Waals surface area contributed by atoms with Crippen molar-refractivity contribution in [2.45, 2.75) is 103 Å². The van der Waals surface area contributed by atoms with Crippen molar-refractivity contribution in [3.63, 3.8) is 0 Å². The standard InChI is InChI=1S/C18H36OS/c1-2-3-4-5-6-7-8-9-10-11-12-13-14-15-16-17-18(19)20/h17,19-20H,2-16H2,1H3. The molecule has 0 fully saturated rings. The third-order valence-electron chi connectivity index (χ3n) is 3.88. The Labute approximate surface area is 132 Å². The Morgan fingerprint density at radius 2 is 1.05 bits per heavy atom. The lowest BCUT2D eigenvalue weighted by molar-refractivity contribution is 0.453. The minimum absolute atomic E-state index is 0.166. The molecule has 0 aliphatic carbocycles. The molecule has 1 nitrogen and oxygen atoms in total. The monoisotopic (exact) mass is 300 g/mol. The maximum Gasteiger partial charge on any atom is 0.142 e. The van der Waals surface area contributed by atoms with Gasteiger partial charge in [-0.3, -0.25) is 0 Å². The average Bonchev–Trinajstić information content (AvgIpc) is 2.43. The fourth-order valence-corrected chi connectivity index (χ4v) is 2.70. The smallest absolute Gasteiger partial charge is 0.142 e. The first-order valence-electron chi connectivity index (χ1n) is 8.85. The molecule has 0 bridgehead atoms. The molecule has 120 valence electrons. The summed E-state index contributed by atoms with van der Waals surface area (Å²) in [5.74, 6) is 0. The summed E-state index contributed by atoms with van der Waals surface area (Å²) in [6, 6.07) is 0. The van der Waals surface area contributed by atoms with Crippen molar-refractivity contribution in [2.24, 2.45) is 0 Å². The number of rotatable bonds is 15. The number of unbranched alkanes of at least 4 members (excludes halogenated alkanes) is 14. The van der Waals surface area contributed by atoms with Gasteiger partial charge in [0.15, 0.2) is 0 Å². The van der Waals surface area contributed by atoms with Crippen LogP contribution in [0.15, 0.2) is 11.2 Å². The number of aliphatic hydroxyl groups is 1. The van der Waals surface area contributed by atoms with E-state index in [1.54, 1.807) is 6.08 Å². The Balaban J connectivity index is 2.97. The minimum atomic E-state index is 0.166. The van der Waals surface area contributed by atoms with Crippen molar-refractivity contribution in [3.8, 4) is 0 Å². The van der Waals surface area contributed by atoms with Crippen LogP contribution in [0.3, 0.4) is 0 Å². The highest BCUT2D eigenvalue weighted by Gasteiger charge is 1.93. The molecule has 0 aromatic rings. The van der Waals surface area contributed by atoms with Crippen molar-refractivity contribution in [1.82, 2.24) is 0 Å². The molecule has 2 heteroatoms. The van der Waals surface area contributed by atoms with Crippen LogP contribution in [-0.2, 0) is 0 Å². The molecule has 0 unspecified atom stereocenters. The lowest BCUT2D eigenvalue weighted by Gasteiger charge is -2.02. The zero-order valence-corrected chi connectivity index (χ0v) is 14.5. The van der Waals surface area contributed by atoms with Crippen LogP contribution in [0, 0.1) is 0 Å². The molecule has 0 aromatic carbocycles. The molecule has 20 heavy (non-hydrogen) atoms. The van der Waals surface area contributed by atoms with Gasteiger partial charge in [-0.2, -0.15) is 0 Å². The maximum absolute atomic E-state index is 8.88. The second kappa shape index (κ2) is 16.9. The van der Waals surface area contributed by atoms with E-state index in [1.165, 1.54) is 89.9 Å². The van der Waals surface area contributed by atoms with Gasteiger partial charge in [0.25, 0.3) is 0 Å². The van der Waals surface area contributed by atoms with E-state index in [2.05, 4.69) is 19.6 Å². The molecule has 0 aliphatic rings. The Morgan fingerprint density at radius 3 is 1.40 bits per heavy atom. The summed E-state index contributed by atoms with van der Waals surface area (Å²) in [5.41, 5.74) is 0. The van der Waals surface area contributed by atoms with E-state index in [1.807, 2.05) is 0 Å². The van der Waals surface area contributed by atoms with Crippen LogP contribution < -0.4 is 0 Å². The van der Waals surface area contributed by atoms with E-state index in [0.29, 0.717) is 0 Å². The molecular formula is C18H36OS. The molecular weight excluding hydrogens is 264 g/mol. The molecule has 0 radical (unpaired) electrons. The summed E-state index contributed by atoms with van der Waals surface area (Å²) in [7, 11) is 0. The minimum Gasteiger partial charge on any atom is -0.503 e. The molecule has 0 amide bonds. The van der Waals surface area contributed by atoms with Gasteiger partial charge < -0.3 is 5.11 Å². The van der Waals surface area contributed by atoms with E-state index in [9.17, 15) is 0 Å². The summed E-state index contributed by atoms with van der Waals surface area (Å²) in [6.07, 6.45) is 22.2. The van der Waals surface area contributed by atoms with Gasteiger partial charge in [0.05, 0.1) is 0 Å². The van der Waals surface area contributed by atoms with Gasteiger partial charge in [0.1, 0.15) is 5.09 Å². The van der Waals surface area contributed by atoms with Crippen molar-refractivity contribution >= 4 is 12.6 Å². The van der Waals surface area contributed by atoms with Crippen molar-refractivity contribution < 1.29 is 5.11 Å². The SMILES string of the molecule is CCCCCCCCCCCCCCCCC=C(O)S. The van der Waals surface area contributed by atoms with Crippen molar-refractivity contribution in [2.75, 3.05) is 0 Å². The average molecular weight is 301 g/mol. The first-order valence-corrected chi connectivity index (χ1v) is 9.30. The third-order valence-corrected chi connectivity index (χ3v) is 4.07. The molecule has 0 aliphatic heterocycles. The molecule has 0 aromatic heterocycles. The number of thiol groups is 1. The zero-order chi connectivity index (χ0) is 14.9. The third kappa shape index (κ3) is 17.9. The molecule has 0 saturated heterocycles. The van der Waals surface area contributed by atoms with E-state index < -0.39 is 0 Å². The Bertz CT molecular complexity index is 209. The van der Waals surface area contributed by atoms with Crippen LogP contribution in [0.5, 0.6) is 0 Å². The highest BCUT2D eigenvalue weighted by atomic mass is 32.1. The summed E-state index contributed by atoms with van der Waals surface area (Å²) in [4.78, 5) is 0. The van der Waals surface area contributed by atoms with Gasteiger partial charge in [-0.05, 0) is 18.9 Å². The lowest BCUT2D eigenvalue weighted by atomic mass is 10.0. The summed E-state index contributed by atoms with van der Waals surface area (Å²) in [5, 5.41) is 9.05. The molecule has 0 spiro atoms. The Hall–Kier alpha value is -0.110. The van der Waals surface area contributed by atoms with Gasteiger partial charge in [-0.25, -0.2) is 0 Å². The number of hydrogen-bond acceptors (Lipinski definition) is 2. The molecule has 0 rings (SSSR count). The highest BCUT2D eigenvalue weighted by molar-refractivity contribution is 7.84. The first-order chi connectivity index (χ1) is 9.77. The Morgan fingerprint density at radius 1 is 0.700 bits per heavy atom. The molecule has 0 saturated carbocycles. The van der Waals surface area contributed by atoms with Gasteiger partial charge >= 0.3 is 0 Å². The second-order valence-corrected chi connectivity index (χ2v) is 6.41. The van der Waals surface area contributed by atoms with Crippen molar-refractivity contribution in [3.05, 3.63) is 11.2 Å². The van der Waals surface area contributed by atoms with Gasteiger partial charge in [0.2, 0.25) is 0 Å².